The number of hydrogen-bond donors (Lipinski definition) is 2. The standard InChI is InChI=1S/C15H20N4/c1-5-13-18-14(16-4)9-15(19-13)17-12-8-10(2)6-7-11(12)3/h6-9H,5H2,1-4H3,(H2,16,17,18,19). The van der Waals surface area contributed by atoms with Crippen molar-refractivity contribution >= 4 is 17.3 Å². The number of nitrogens with zero attached hydrogens (tertiary/aromatic N) is 2. The quantitative estimate of drug-likeness (QED) is 0.879. The molecule has 1 heterocycles. The molecule has 1 aromatic heterocycles. The van der Waals surface area contributed by atoms with Gasteiger partial charge >= 0.3 is 0 Å². The molecule has 19 heavy (non-hydrogen) atoms. The van der Waals surface area contributed by atoms with Gasteiger partial charge in [0.2, 0.25) is 0 Å². The smallest absolute Gasteiger partial charge is 0.136 e. The Hall–Kier alpha value is -2.10. The van der Waals surface area contributed by atoms with Crippen LogP contribution in [0.2, 0.25) is 0 Å². The maximum atomic E-state index is 4.50. The third-order valence-electron chi connectivity index (χ3n) is 3.00. The van der Waals surface area contributed by atoms with E-state index in [-0.39, 0.29) is 0 Å². The number of nitrogens with one attached hydrogen (secondary N) is 2. The molecule has 0 radical (unpaired) electrons. The van der Waals surface area contributed by atoms with Crippen LogP contribution in [0.25, 0.3) is 0 Å². The van der Waals surface area contributed by atoms with Crippen LogP contribution in [0.4, 0.5) is 17.3 Å². The highest BCUT2D eigenvalue weighted by atomic mass is 15.1. The molecular weight excluding hydrogens is 236 g/mol. The van der Waals surface area contributed by atoms with Crippen molar-refractivity contribution in [2.24, 2.45) is 0 Å². The van der Waals surface area contributed by atoms with Crippen LogP contribution in [0.5, 0.6) is 0 Å². The summed E-state index contributed by atoms with van der Waals surface area (Å²) in [7, 11) is 1.86. The first-order valence-electron chi connectivity index (χ1n) is 6.52. The third-order valence-corrected chi connectivity index (χ3v) is 3.00. The van der Waals surface area contributed by atoms with Gasteiger partial charge in [0.15, 0.2) is 0 Å². The molecule has 0 saturated carbocycles. The van der Waals surface area contributed by atoms with Crippen molar-refractivity contribution in [2.75, 3.05) is 17.7 Å². The van der Waals surface area contributed by atoms with Crippen LogP contribution in [-0.4, -0.2) is 17.0 Å². The second-order valence-electron chi connectivity index (χ2n) is 4.60. The van der Waals surface area contributed by atoms with Gasteiger partial charge in [0, 0.05) is 25.2 Å². The zero-order chi connectivity index (χ0) is 13.8. The molecule has 1 aromatic carbocycles. The Bertz CT molecular complexity index is 556. The summed E-state index contributed by atoms with van der Waals surface area (Å²) in [6, 6.07) is 8.26. The van der Waals surface area contributed by atoms with Crippen LogP contribution in [0, 0.1) is 13.8 Å². The van der Waals surface area contributed by atoms with E-state index in [4.69, 9.17) is 0 Å². The summed E-state index contributed by atoms with van der Waals surface area (Å²) in [6.45, 7) is 6.22. The Morgan fingerprint density at radius 1 is 1.05 bits per heavy atom. The number of anilines is 3. The maximum absolute atomic E-state index is 4.50. The van der Waals surface area contributed by atoms with E-state index in [1.54, 1.807) is 0 Å². The number of rotatable bonds is 4. The van der Waals surface area contributed by atoms with Gasteiger partial charge < -0.3 is 10.6 Å². The second kappa shape index (κ2) is 5.69. The summed E-state index contributed by atoms with van der Waals surface area (Å²) in [4.78, 5) is 8.89. The fourth-order valence-corrected chi connectivity index (χ4v) is 1.86. The summed E-state index contributed by atoms with van der Waals surface area (Å²) >= 11 is 0. The van der Waals surface area contributed by atoms with Crippen molar-refractivity contribution in [3.8, 4) is 0 Å². The fraction of sp³-hybridized carbons (Fsp3) is 0.333. The van der Waals surface area contributed by atoms with Gasteiger partial charge in [-0.1, -0.05) is 19.1 Å². The van der Waals surface area contributed by atoms with Crippen LogP contribution in [0.1, 0.15) is 23.9 Å². The molecule has 2 N–H and O–H groups in total. The average Bonchev–Trinajstić information content (AvgIpc) is 2.42. The van der Waals surface area contributed by atoms with Crippen LogP contribution in [0.15, 0.2) is 24.3 Å². The Balaban J connectivity index is 2.34. The monoisotopic (exact) mass is 256 g/mol. The number of benzene rings is 1. The summed E-state index contributed by atoms with van der Waals surface area (Å²) in [5.74, 6) is 2.49. The predicted molar refractivity (Wildman–Crippen MR) is 80.2 cm³/mol. The molecule has 4 nitrogen and oxygen atoms in total. The van der Waals surface area contributed by atoms with Crippen LogP contribution in [-0.2, 0) is 6.42 Å². The van der Waals surface area contributed by atoms with Crippen molar-refractivity contribution in [3.05, 3.63) is 41.2 Å². The van der Waals surface area contributed by atoms with E-state index in [1.807, 2.05) is 13.1 Å². The van der Waals surface area contributed by atoms with Gasteiger partial charge in [-0.2, -0.15) is 0 Å². The van der Waals surface area contributed by atoms with E-state index in [0.717, 1.165) is 29.6 Å². The lowest BCUT2D eigenvalue weighted by molar-refractivity contribution is 0.944. The highest BCUT2D eigenvalue weighted by Crippen LogP contribution is 2.22. The highest BCUT2D eigenvalue weighted by Gasteiger charge is 2.05. The minimum Gasteiger partial charge on any atom is -0.373 e. The molecule has 0 bridgehead atoms. The molecule has 100 valence electrons. The molecule has 0 amide bonds. The van der Waals surface area contributed by atoms with Gasteiger partial charge in [0.1, 0.15) is 17.5 Å². The second-order valence-corrected chi connectivity index (χ2v) is 4.60. The summed E-state index contributed by atoms with van der Waals surface area (Å²) < 4.78 is 0. The van der Waals surface area contributed by atoms with Gasteiger partial charge in [-0.15, -0.1) is 0 Å². The van der Waals surface area contributed by atoms with E-state index in [2.05, 4.69) is 59.6 Å². The molecule has 0 aliphatic heterocycles. The SMILES string of the molecule is CCc1nc(NC)cc(Nc2cc(C)ccc2C)n1. The number of aryl methyl sites for hydroxylation is 3. The highest BCUT2D eigenvalue weighted by molar-refractivity contribution is 5.63. The van der Waals surface area contributed by atoms with Gasteiger partial charge in [0.05, 0.1) is 0 Å². The molecule has 2 rings (SSSR count). The van der Waals surface area contributed by atoms with E-state index < -0.39 is 0 Å². The van der Waals surface area contributed by atoms with Crippen molar-refractivity contribution in [1.29, 1.82) is 0 Å². The van der Waals surface area contributed by atoms with Crippen LogP contribution < -0.4 is 10.6 Å². The minimum absolute atomic E-state index is 0.816. The first kappa shape index (κ1) is 13.3. The van der Waals surface area contributed by atoms with Gasteiger partial charge in [0.25, 0.3) is 0 Å². The molecular formula is C15H20N4. The Morgan fingerprint density at radius 3 is 2.47 bits per heavy atom. The first-order chi connectivity index (χ1) is 9.12. The number of hydrogen-bond acceptors (Lipinski definition) is 4. The van der Waals surface area contributed by atoms with E-state index in [0.29, 0.717) is 0 Å². The van der Waals surface area contributed by atoms with Gasteiger partial charge in [-0.3, -0.25) is 0 Å². The predicted octanol–water partition coefficient (Wildman–Crippen LogP) is 3.44. The van der Waals surface area contributed by atoms with Crippen molar-refractivity contribution in [3.63, 3.8) is 0 Å². The van der Waals surface area contributed by atoms with Gasteiger partial charge in [-0.25, -0.2) is 9.97 Å². The lowest BCUT2D eigenvalue weighted by atomic mass is 10.1. The van der Waals surface area contributed by atoms with Crippen LogP contribution >= 0.6 is 0 Å². The lowest BCUT2D eigenvalue weighted by Gasteiger charge is -2.12. The summed E-state index contributed by atoms with van der Waals surface area (Å²) in [5, 5.41) is 6.43. The minimum atomic E-state index is 0.816. The summed E-state index contributed by atoms with van der Waals surface area (Å²) in [5.41, 5.74) is 3.52. The normalized spacial score (nSPS) is 10.3. The van der Waals surface area contributed by atoms with E-state index >= 15 is 0 Å². The van der Waals surface area contributed by atoms with E-state index in [1.165, 1.54) is 11.1 Å². The first-order valence-corrected chi connectivity index (χ1v) is 6.52. The maximum Gasteiger partial charge on any atom is 0.136 e. The fourth-order valence-electron chi connectivity index (χ4n) is 1.86. The third kappa shape index (κ3) is 3.22. The molecule has 0 spiro atoms. The molecule has 0 fully saturated rings. The Kier molecular flexibility index (Phi) is 4.00. The van der Waals surface area contributed by atoms with Gasteiger partial charge in [-0.05, 0) is 31.0 Å². The lowest BCUT2D eigenvalue weighted by Crippen LogP contribution is -2.03. The average molecular weight is 256 g/mol. The molecule has 2 aromatic rings. The van der Waals surface area contributed by atoms with Crippen LogP contribution in [0.3, 0.4) is 0 Å². The van der Waals surface area contributed by atoms with Crippen molar-refractivity contribution in [2.45, 2.75) is 27.2 Å². The topological polar surface area (TPSA) is 49.8 Å². The molecule has 0 aliphatic rings. The van der Waals surface area contributed by atoms with E-state index in [9.17, 15) is 0 Å². The number of aromatic nitrogens is 2. The Morgan fingerprint density at radius 2 is 1.79 bits per heavy atom. The largest absolute Gasteiger partial charge is 0.373 e. The molecule has 0 saturated heterocycles. The molecule has 4 heteroatoms. The molecule has 0 aliphatic carbocycles. The zero-order valence-corrected chi connectivity index (χ0v) is 11.9. The molecule has 0 atom stereocenters. The summed E-state index contributed by atoms with van der Waals surface area (Å²) in [6.07, 6.45) is 0.816. The van der Waals surface area contributed by atoms with Crippen molar-refractivity contribution < 1.29 is 0 Å². The molecule has 0 unspecified atom stereocenters. The Labute approximate surface area is 114 Å². The zero-order valence-electron chi connectivity index (χ0n) is 11.9. The van der Waals surface area contributed by atoms with Crippen molar-refractivity contribution in [1.82, 2.24) is 9.97 Å².